The molecule has 23 heavy (non-hydrogen) atoms. The summed E-state index contributed by atoms with van der Waals surface area (Å²) in [6, 6.07) is 12.8. The Kier molecular flexibility index (Phi) is 6.36. The van der Waals surface area contributed by atoms with Gasteiger partial charge in [0.1, 0.15) is 12.0 Å². The molecule has 0 unspecified atom stereocenters. The Labute approximate surface area is 151 Å². The fraction of sp³-hybridized carbons (Fsp3) is 0.176. The van der Waals surface area contributed by atoms with Crippen molar-refractivity contribution in [2.24, 2.45) is 0 Å². The van der Waals surface area contributed by atoms with Gasteiger partial charge in [-0.05, 0) is 49.6 Å². The highest BCUT2D eigenvalue weighted by Crippen LogP contribution is 2.35. The zero-order valence-electron chi connectivity index (χ0n) is 12.3. The number of carbonyl (C=O) groups excluding carboxylic acids is 2. The zero-order chi connectivity index (χ0) is 16.8. The van der Waals surface area contributed by atoms with Gasteiger partial charge >= 0.3 is 5.97 Å². The summed E-state index contributed by atoms with van der Waals surface area (Å²) in [5.41, 5.74) is 1.45. The monoisotopic (exact) mass is 440 g/mol. The van der Waals surface area contributed by atoms with Gasteiger partial charge in [0.15, 0.2) is 6.10 Å². The Bertz CT molecular complexity index is 678. The highest BCUT2D eigenvalue weighted by molar-refractivity contribution is 9.11. The van der Waals surface area contributed by atoms with Crippen LogP contribution in [0.2, 0.25) is 0 Å². The first-order valence-corrected chi connectivity index (χ1v) is 8.36. The van der Waals surface area contributed by atoms with Gasteiger partial charge in [-0.15, -0.1) is 0 Å². The molecule has 0 aliphatic rings. The predicted octanol–water partition coefficient (Wildman–Crippen LogP) is 4.19. The smallest absolute Gasteiger partial charge is 0.347 e. The number of rotatable bonds is 6. The summed E-state index contributed by atoms with van der Waals surface area (Å²) >= 11 is 6.72. The Morgan fingerprint density at radius 2 is 1.78 bits per heavy atom. The van der Waals surface area contributed by atoms with E-state index in [9.17, 15) is 9.59 Å². The third-order valence-corrected chi connectivity index (χ3v) is 4.32. The molecular formula is C17H14Br2O4. The molecule has 0 heterocycles. The van der Waals surface area contributed by atoms with Crippen molar-refractivity contribution in [1.29, 1.82) is 0 Å². The zero-order valence-corrected chi connectivity index (χ0v) is 15.5. The second kappa shape index (κ2) is 8.26. The number of ether oxygens (including phenoxy) is 2. The van der Waals surface area contributed by atoms with Crippen molar-refractivity contribution in [3.63, 3.8) is 0 Å². The minimum atomic E-state index is -0.794. The molecule has 0 N–H and O–H groups in total. The number of aldehydes is 1. The van der Waals surface area contributed by atoms with E-state index >= 15 is 0 Å². The van der Waals surface area contributed by atoms with Crippen LogP contribution in [0.1, 0.15) is 15.9 Å². The van der Waals surface area contributed by atoms with Crippen LogP contribution in [0.15, 0.2) is 51.4 Å². The summed E-state index contributed by atoms with van der Waals surface area (Å²) < 4.78 is 11.8. The molecule has 2 rings (SSSR count). The number of carbonyl (C=O) groups is 2. The van der Waals surface area contributed by atoms with Gasteiger partial charge in [-0.1, -0.05) is 30.3 Å². The third kappa shape index (κ3) is 4.65. The Morgan fingerprint density at radius 1 is 1.17 bits per heavy atom. The van der Waals surface area contributed by atoms with Gasteiger partial charge in [0.25, 0.3) is 0 Å². The number of halogens is 2. The first-order chi connectivity index (χ1) is 11.0. The average molecular weight is 442 g/mol. The molecule has 2 aromatic rings. The molecule has 0 saturated heterocycles. The summed E-state index contributed by atoms with van der Waals surface area (Å²) in [5.74, 6) is -0.0194. The quantitative estimate of drug-likeness (QED) is 0.498. The first-order valence-electron chi connectivity index (χ1n) is 6.77. The van der Waals surface area contributed by atoms with Crippen molar-refractivity contribution in [3.8, 4) is 5.75 Å². The van der Waals surface area contributed by atoms with E-state index < -0.39 is 12.1 Å². The van der Waals surface area contributed by atoms with Gasteiger partial charge in [0.05, 0.1) is 16.1 Å². The third-order valence-electron chi connectivity index (χ3n) is 3.14. The minimum Gasteiger partial charge on any atom is -0.476 e. The van der Waals surface area contributed by atoms with Gasteiger partial charge < -0.3 is 9.47 Å². The second-order valence-corrected chi connectivity index (χ2v) is 6.46. The molecule has 0 saturated carbocycles. The van der Waals surface area contributed by atoms with Crippen LogP contribution in [0.4, 0.5) is 0 Å². The van der Waals surface area contributed by atoms with Crippen molar-refractivity contribution in [2.75, 3.05) is 7.11 Å². The topological polar surface area (TPSA) is 52.6 Å². The molecule has 0 fully saturated rings. The SMILES string of the molecule is COC(=O)[C@@H](Cc1ccccc1)Oc1c(Br)cc(C=O)cc1Br. The molecule has 0 amide bonds. The molecule has 0 radical (unpaired) electrons. The van der Waals surface area contributed by atoms with Crippen molar-refractivity contribution in [1.82, 2.24) is 0 Å². The lowest BCUT2D eigenvalue weighted by Gasteiger charge is -2.19. The van der Waals surface area contributed by atoms with Gasteiger partial charge in [-0.25, -0.2) is 4.79 Å². The number of hydrogen-bond acceptors (Lipinski definition) is 4. The fourth-order valence-electron chi connectivity index (χ4n) is 2.04. The molecule has 6 heteroatoms. The summed E-state index contributed by atoms with van der Waals surface area (Å²) in [4.78, 5) is 22.9. The summed E-state index contributed by atoms with van der Waals surface area (Å²) in [7, 11) is 1.32. The van der Waals surface area contributed by atoms with Gasteiger partial charge in [0, 0.05) is 12.0 Å². The van der Waals surface area contributed by atoms with Crippen molar-refractivity contribution in [2.45, 2.75) is 12.5 Å². The van der Waals surface area contributed by atoms with Crippen LogP contribution in [0.5, 0.6) is 5.75 Å². The predicted molar refractivity (Wildman–Crippen MR) is 93.8 cm³/mol. The normalized spacial score (nSPS) is 11.6. The molecule has 0 bridgehead atoms. The van der Waals surface area contributed by atoms with Crippen LogP contribution >= 0.6 is 31.9 Å². The molecular weight excluding hydrogens is 428 g/mol. The molecule has 4 nitrogen and oxygen atoms in total. The van der Waals surface area contributed by atoms with Crippen LogP contribution in [0.3, 0.4) is 0 Å². The van der Waals surface area contributed by atoms with E-state index in [-0.39, 0.29) is 0 Å². The molecule has 0 aliphatic carbocycles. The fourth-order valence-corrected chi connectivity index (χ4v) is 3.44. The highest BCUT2D eigenvalue weighted by atomic mass is 79.9. The Morgan fingerprint density at radius 3 is 2.30 bits per heavy atom. The summed E-state index contributed by atoms with van der Waals surface area (Å²) in [6.07, 6.45) is 0.320. The molecule has 0 aromatic heterocycles. The lowest BCUT2D eigenvalue weighted by Crippen LogP contribution is -2.31. The molecule has 0 aliphatic heterocycles. The van der Waals surface area contributed by atoms with E-state index in [2.05, 4.69) is 31.9 Å². The maximum Gasteiger partial charge on any atom is 0.347 e. The number of hydrogen-bond donors (Lipinski definition) is 0. The Hall–Kier alpha value is -1.66. The van der Waals surface area contributed by atoms with E-state index in [1.807, 2.05) is 30.3 Å². The highest BCUT2D eigenvalue weighted by Gasteiger charge is 2.24. The maximum atomic E-state index is 12.0. The van der Waals surface area contributed by atoms with Crippen molar-refractivity contribution < 1.29 is 19.1 Å². The van der Waals surface area contributed by atoms with Crippen LogP contribution in [0.25, 0.3) is 0 Å². The van der Waals surface area contributed by atoms with Crippen molar-refractivity contribution >= 4 is 44.1 Å². The Balaban J connectivity index is 2.28. The van der Waals surface area contributed by atoms with Crippen LogP contribution < -0.4 is 4.74 Å². The average Bonchev–Trinajstić information content (AvgIpc) is 2.56. The largest absolute Gasteiger partial charge is 0.476 e. The molecule has 0 spiro atoms. The van der Waals surface area contributed by atoms with Crippen LogP contribution in [0, 0.1) is 0 Å². The van der Waals surface area contributed by atoms with E-state index in [1.54, 1.807) is 12.1 Å². The minimum absolute atomic E-state index is 0.377. The van der Waals surface area contributed by atoms with E-state index in [4.69, 9.17) is 9.47 Å². The van der Waals surface area contributed by atoms with E-state index in [0.29, 0.717) is 26.7 Å². The number of methoxy groups -OCH3 is 1. The van der Waals surface area contributed by atoms with Gasteiger partial charge in [-0.2, -0.15) is 0 Å². The number of benzene rings is 2. The van der Waals surface area contributed by atoms with Crippen LogP contribution in [-0.4, -0.2) is 25.5 Å². The molecule has 2 aromatic carbocycles. The molecule has 1 atom stereocenters. The molecule has 120 valence electrons. The van der Waals surface area contributed by atoms with Gasteiger partial charge in [-0.3, -0.25) is 4.79 Å². The summed E-state index contributed by atoms with van der Waals surface area (Å²) in [6.45, 7) is 0. The van der Waals surface area contributed by atoms with Crippen molar-refractivity contribution in [3.05, 3.63) is 62.5 Å². The standard InChI is InChI=1S/C17H14Br2O4/c1-22-17(21)15(9-11-5-3-2-4-6-11)23-16-13(18)7-12(10-20)8-14(16)19/h2-8,10,15H,9H2,1H3/t15-/m1/s1. The van der Waals surface area contributed by atoms with E-state index in [1.165, 1.54) is 7.11 Å². The van der Waals surface area contributed by atoms with E-state index in [0.717, 1.165) is 11.8 Å². The lowest BCUT2D eigenvalue weighted by atomic mass is 10.1. The second-order valence-electron chi connectivity index (χ2n) is 4.75. The number of esters is 1. The summed E-state index contributed by atoms with van der Waals surface area (Å²) in [5, 5.41) is 0. The van der Waals surface area contributed by atoms with Gasteiger partial charge in [0.2, 0.25) is 0 Å². The first kappa shape index (κ1) is 17.7. The lowest BCUT2D eigenvalue weighted by molar-refractivity contribution is -0.148. The maximum absolute atomic E-state index is 12.0. The van der Waals surface area contributed by atoms with Crippen LogP contribution in [-0.2, 0) is 16.0 Å².